The van der Waals surface area contributed by atoms with Crippen LogP contribution >= 0.6 is 0 Å². The van der Waals surface area contributed by atoms with Crippen molar-refractivity contribution >= 4 is 5.78 Å². The van der Waals surface area contributed by atoms with Crippen LogP contribution in [-0.2, 0) is 0 Å². The molecule has 2 rings (SSSR count). The lowest BCUT2D eigenvalue weighted by Crippen LogP contribution is -2.05. The zero-order valence-electron chi connectivity index (χ0n) is 10.3. The Labute approximate surface area is 109 Å². The van der Waals surface area contributed by atoms with Gasteiger partial charge in [0.2, 0.25) is 0 Å². The Morgan fingerprint density at radius 1 is 1.16 bits per heavy atom. The van der Waals surface area contributed by atoms with E-state index < -0.39 is 17.4 Å². The van der Waals surface area contributed by atoms with Gasteiger partial charge < -0.3 is 4.74 Å². The lowest BCUT2D eigenvalue weighted by Gasteiger charge is -2.06. The van der Waals surface area contributed by atoms with Crippen molar-refractivity contribution in [1.29, 1.82) is 0 Å². The SMILES string of the molecule is CCOc1cccc(C(=O)c2ccc(F)cc2F)c1. The molecule has 0 amide bonds. The van der Waals surface area contributed by atoms with Crippen molar-refractivity contribution in [2.24, 2.45) is 0 Å². The van der Waals surface area contributed by atoms with E-state index in [1.807, 2.05) is 6.92 Å². The smallest absolute Gasteiger partial charge is 0.196 e. The van der Waals surface area contributed by atoms with Crippen molar-refractivity contribution in [2.45, 2.75) is 6.92 Å². The van der Waals surface area contributed by atoms with Crippen molar-refractivity contribution in [3.8, 4) is 5.75 Å². The number of ether oxygens (including phenoxy) is 1. The Bertz CT molecular complexity index is 609. The Balaban J connectivity index is 2.35. The van der Waals surface area contributed by atoms with Gasteiger partial charge in [-0.15, -0.1) is 0 Å². The van der Waals surface area contributed by atoms with Crippen molar-refractivity contribution in [3.63, 3.8) is 0 Å². The minimum Gasteiger partial charge on any atom is -0.494 e. The van der Waals surface area contributed by atoms with Gasteiger partial charge in [-0.3, -0.25) is 4.79 Å². The van der Waals surface area contributed by atoms with Gasteiger partial charge >= 0.3 is 0 Å². The first kappa shape index (κ1) is 13.2. The molecule has 19 heavy (non-hydrogen) atoms. The molecule has 0 atom stereocenters. The maximum Gasteiger partial charge on any atom is 0.196 e. The van der Waals surface area contributed by atoms with Crippen LogP contribution in [0, 0.1) is 11.6 Å². The number of halogens is 2. The molecule has 0 aromatic heterocycles. The van der Waals surface area contributed by atoms with Crippen molar-refractivity contribution < 1.29 is 18.3 Å². The summed E-state index contributed by atoms with van der Waals surface area (Å²) in [4.78, 5) is 12.1. The number of benzene rings is 2. The molecule has 0 aliphatic heterocycles. The van der Waals surface area contributed by atoms with Gasteiger partial charge in [0.1, 0.15) is 17.4 Å². The summed E-state index contributed by atoms with van der Waals surface area (Å²) in [7, 11) is 0. The second-order valence-corrected chi connectivity index (χ2v) is 3.91. The van der Waals surface area contributed by atoms with E-state index in [-0.39, 0.29) is 5.56 Å². The molecule has 0 bridgehead atoms. The summed E-state index contributed by atoms with van der Waals surface area (Å²) in [5.74, 6) is -1.54. The third-order valence-corrected chi connectivity index (χ3v) is 2.58. The maximum absolute atomic E-state index is 13.5. The number of rotatable bonds is 4. The van der Waals surface area contributed by atoms with E-state index in [1.165, 1.54) is 6.07 Å². The van der Waals surface area contributed by atoms with Gasteiger partial charge in [0, 0.05) is 11.6 Å². The molecular weight excluding hydrogens is 250 g/mol. The van der Waals surface area contributed by atoms with Crippen molar-refractivity contribution in [3.05, 3.63) is 65.2 Å². The average Bonchev–Trinajstić information content (AvgIpc) is 2.39. The predicted octanol–water partition coefficient (Wildman–Crippen LogP) is 3.59. The summed E-state index contributed by atoms with van der Waals surface area (Å²) >= 11 is 0. The Morgan fingerprint density at radius 2 is 1.95 bits per heavy atom. The molecule has 0 saturated heterocycles. The molecule has 0 N–H and O–H groups in total. The van der Waals surface area contributed by atoms with Crippen LogP contribution in [0.25, 0.3) is 0 Å². The number of hydrogen-bond acceptors (Lipinski definition) is 2. The van der Waals surface area contributed by atoms with Crippen molar-refractivity contribution in [2.75, 3.05) is 6.61 Å². The molecule has 98 valence electrons. The molecule has 2 aromatic rings. The summed E-state index contributed by atoms with van der Waals surface area (Å²) in [5.41, 5.74) is 0.145. The molecule has 0 unspecified atom stereocenters. The standard InChI is InChI=1S/C15H12F2O2/c1-2-19-12-5-3-4-10(8-12)15(18)13-7-6-11(16)9-14(13)17/h3-9H,2H2,1H3. The highest BCUT2D eigenvalue weighted by atomic mass is 19.1. The molecule has 0 saturated carbocycles. The van der Waals surface area contributed by atoms with E-state index in [0.29, 0.717) is 24.0 Å². The van der Waals surface area contributed by atoms with E-state index >= 15 is 0 Å². The summed E-state index contributed by atoms with van der Waals surface area (Å²) < 4.78 is 31.6. The highest BCUT2D eigenvalue weighted by Crippen LogP contribution is 2.19. The molecule has 0 heterocycles. The summed E-state index contributed by atoms with van der Waals surface area (Å²) in [6.07, 6.45) is 0. The zero-order chi connectivity index (χ0) is 13.8. The highest BCUT2D eigenvalue weighted by molar-refractivity contribution is 6.09. The minimum atomic E-state index is -0.869. The van der Waals surface area contributed by atoms with E-state index in [2.05, 4.69) is 0 Å². The minimum absolute atomic E-state index is 0.157. The van der Waals surface area contributed by atoms with Gasteiger partial charge in [-0.1, -0.05) is 12.1 Å². The van der Waals surface area contributed by atoms with Gasteiger partial charge in [-0.05, 0) is 31.2 Å². The molecule has 0 radical (unpaired) electrons. The fourth-order valence-corrected chi connectivity index (χ4v) is 1.72. The number of hydrogen-bond donors (Lipinski definition) is 0. The molecule has 0 fully saturated rings. The molecule has 0 aliphatic rings. The normalized spacial score (nSPS) is 10.3. The molecule has 4 heteroatoms. The highest BCUT2D eigenvalue weighted by Gasteiger charge is 2.15. The average molecular weight is 262 g/mol. The van der Waals surface area contributed by atoms with E-state index in [1.54, 1.807) is 18.2 Å². The second kappa shape index (κ2) is 5.61. The largest absolute Gasteiger partial charge is 0.494 e. The Kier molecular flexibility index (Phi) is 3.90. The van der Waals surface area contributed by atoms with Gasteiger partial charge in [0.15, 0.2) is 5.78 Å². The third kappa shape index (κ3) is 2.96. The first-order valence-electron chi connectivity index (χ1n) is 5.84. The van der Waals surface area contributed by atoms with E-state index in [0.717, 1.165) is 12.1 Å². The van der Waals surface area contributed by atoms with Crippen LogP contribution in [0.4, 0.5) is 8.78 Å². The van der Waals surface area contributed by atoms with Crippen LogP contribution in [-0.4, -0.2) is 12.4 Å². The monoisotopic (exact) mass is 262 g/mol. The molecule has 2 aromatic carbocycles. The fourth-order valence-electron chi connectivity index (χ4n) is 1.72. The van der Waals surface area contributed by atoms with E-state index in [4.69, 9.17) is 4.74 Å². The fraction of sp³-hybridized carbons (Fsp3) is 0.133. The summed E-state index contributed by atoms with van der Waals surface area (Å²) in [5, 5.41) is 0. The lowest BCUT2D eigenvalue weighted by molar-refractivity contribution is 0.103. The molecule has 2 nitrogen and oxygen atoms in total. The van der Waals surface area contributed by atoms with Gasteiger partial charge in [-0.2, -0.15) is 0 Å². The van der Waals surface area contributed by atoms with Gasteiger partial charge in [0.25, 0.3) is 0 Å². The van der Waals surface area contributed by atoms with Crippen LogP contribution in [0.5, 0.6) is 5.75 Å². The number of carbonyl (C=O) groups is 1. The van der Waals surface area contributed by atoms with Crippen LogP contribution < -0.4 is 4.74 Å². The van der Waals surface area contributed by atoms with Gasteiger partial charge in [-0.25, -0.2) is 8.78 Å². The number of ketones is 1. The summed E-state index contributed by atoms with van der Waals surface area (Å²) in [6, 6.07) is 9.35. The van der Waals surface area contributed by atoms with Crippen LogP contribution in [0.1, 0.15) is 22.8 Å². The second-order valence-electron chi connectivity index (χ2n) is 3.91. The topological polar surface area (TPSA) is 26.3 Å². The third-order valence-electron chi connectivity index (χ3n) is 2.58. The first-order valence-corrected chi connectivity index (χ1v) is 5.84. The van der Waals surface area contributed by atoms with Crippen LogP contribution in [0.15, 0.2) is 42.5 Å². The lowest BCUT2D eigenvalue weighted by atomic mass is 10.0. The first-order chi connectivity index (χ1) is 9.11. The number of carbonyl (C=O) groups excluding carboxylic acids is 1. The maximum atomic E-state index is 13.5. The Hall–Kier alpha value is -2.23. The van der Waals surface area contributed by atoms with Crippen LogP contribution in [0.3, 0.4) is 0 Å². The van der Waals surface area contributed by atoms with Gasteiger partial charge in [0.05, 0.1) is 12.2 Å². The quantitative estimate of drug-likeness (QED) is 0.787. The molecule has 0 spiro atoms. The van der Waals surface area contributed by atoms with Crippen molar-refractivity contribution in [1.82, 2.24) is 0 Å². The molecular formula is C15H12F2O2. The summed E-state index contributed by atoms with van der Waals surface area (Å²) in [6.45, 7) is 2.30. The van der Waals surface area contributed by atoms with E-state index in [9.17, 15) is 13.6 Å². The predicted molar refractivity (Wildman–Crippen MR) is 67.4 cm³/mol. The Morgan fingerprint density at radius 3 is 2.63 bits per heavy atom. The zero-order valence-corrected chi connectivity index (χ0v) is 10.3. The van der Waals surface area contributed by atoms with Crippen LogP contribution in [0.2, 0.25) is 0 Å². The molecule has 0 aliphatic carbocycles.